The van der Waals surface area contributed by atoms with E-state index in [1.54, 1.807) is 6.92 Å². The van der Waals surface area contributed by atoms with E-state index < -0.39 is 24.6 Å². The first kappa shape index (κ1) is 27.5. The third-order valence-corrected chi connectivity index (χ3v) is 6.56. The molecule has 2 heterocycles. The number of likely N-dealkylation sites (tertiary alicyclic amines) is 1. The van der Waals surface area contributed by atoms with Crippen LogP contribution in [-0.2, 0) is 9.59 Å². The molecule has 3 aliphatic rings. The van der Waals surface area contributed by atoms with Gasteiger partial charge in [-0.25, -0.2) is 4.39 Å². The molecule has 2 aliphatic heterocycles. The Bertz CT molecular complexity index is 907. The van der Waals surface area contributed by atoms with Gasteiger partial charge < -0.3 is 15.0 Å². The van der Waals surface area contributed by atoms with Crippen LogP contribution < -0.4 is 15.0 Å². The number of alkyl halides is 3. The summed E-state index contributed by atoms with van der Waals surface area (Å²) in [5, 5.41) is 3.27. The Morgan fingerprint density at radius 3 is 2.37 bits per heavy atom. The molecule has 7 nitrogen and oxygen atoms in total. The third kappa shape index (κ3) is 6.98. The number of hydrogen-bond donors (Lipinski definition) is 1. The maximum Gasteiger partial charge on any atom is 0.422 e. The molecule has 0 radical (unpaired) electrons. The quantitative estimate of drug-likeness (QED) is 0.397. The normalized spacial score (nSPS) is 23.6. The lowest BCUT2D eigenvalue weighted by molar-refractivity contribution is -0.153. The molecule has 0 bridgehead atoms. The number of rotatable bonds is 9. The second-order valence-electron chi connectivity index (χ2n) is 9.23. The zero-order valence-corrected chi connectivity index (χ0v) is 20.3. The van der Waals surface area contributed by atoms with Crippen LogP contribution in [0.5, 0.6) is 5.75 Å². The molecular weight excluding hydrogens is 492 g/mol. The fourth-order valence-corrected chi connectivity index (χ4v) is 4.50. The molecule has 2 unspecified atom stereocenters. The molecule has 2 saturated heterocycles. The number of nitrogens with zero attached hydrogens (tertiary/aromatic N) is 3. The maximum absolute atomic E-state index is 13.8. The summed E-state index contributed by atoms with van der Waals surface area (Å²) in [6, 6.07) is 3.41. The molecule has 0 spiro atoms. The highest BCUT2D eigenvalue weighted by molar-refractivity contribution is 6.06. The Balaban J connectivity index is 0.00000342. The smallest absolute Gasteiger partial charge is 0.422 e. The largest absolute Gasteiger partial charge is 0.482 e. The zero-order valence-electron chi connectivity index (χ0n) is 19.5. The molecular formula is C23H31ClF4N4O3. The standard InChI is InChI=1S/C23H30F4N4O3.ClH/c1-15-20(28-17-4-5-17)22(33)31(21(15)32)8-2-7-29-9-11-30(12-10-29)18-13-16(24)3-6-19(18)34-14-23(25,26)27;/h3,6,13,15,17,20,28H,2,4-5,7-12,14H2,1H3;1H. The predicted octanol–water partition coefficient (Wildman–Crippen LogP) is 2.83. The van der Waals surface area contributed by atoms with Crippen LogP contribution in [0.25, 0.3) is 0 Å². The molecule has 3 fully saturated rings. The van der Waals surface area contributed by atoms with Crippen LogP contribution in [0.4, 0.5) is 23.2 Å². The van der Waals surface area contributed by atoms with Gasteiger partial charge in [-0.2, -0.15) is 13.2 Å². The number of ether oxygens (including phenoxy) is 1. The maximum atomic E-state index is 13.8. The van der Waals surface area contributed by atoms with Gasteiger partial charge in [0.05, 0.1) is 17.6 Å². The lowest BCUT2D eigenvalue weighted by atomic mass is 10.1. The summed E-state index contributed by atoms with van der Waals surface area (Å²) in [5.74, 6) is -1.17. The number of hydrogen-bond acceptors (Lipinski definition) is 6. The highest BCUT2D eigenvalue weighted by Gasteiger charge is 2.46. The number of amides is 2. The van der Waals surface area contributed by atoms with Gasteiger partial charge in [-0.05, 0) is 37.9 Å². The minimum atomic E-state index is -4.48. The van der Waals surface area contributed by atoms with Crippen molar-refractivity contribution < 1.29 is 31.9 Å². The number of imide groups is 1. The molecule has 1 aromatic carbocycles. The summed E-state index contributed by atoms with van der Waals surface area (Å²) in [6.07, 6.45) is -1.75. The topological polar surface area (TPSA) is 65.1 Å². The van der Waals surface area contributed by atoms with Gasteiger partial charge in [-0.3, -0.25) is 19.4 Å². The molecule has 1 saturated carbocycles. The molecule has 0 aromatic heterocycles. The molecule has 196 valence electrons. The van der Waals surface area contributed by atoms with E-state index >= 15 is 0 Å². The van der Waals surface area contributed by atoms with Gasteiger partial charge in [0.2, 0.25) is 11.8 Å². The van der Waals surface area contributed by atoms with Gasteiger partial charge in [0.15, 0.2) is 6.61 Å². The fraction of sp³-hybridized carbons (Fsp3) is 0.652. The number of anilines is 1. The first-order valence-electron chi connectivity index (χ1n) is 11.7. The molecule has 1 aliphatic carbocycles. The lowest BCUT2D eigenvalue weighted by Gasteiger charge is -2.37. The van der Waals surface area contributed by atoms with E-state index in [2.05, 4.69) is 10.2 Å². The Morgan fingerprint density at radius 2 is 1.74 bits per heavy atom. The van der Waals surface area contributed by atoms with Gasteiger partial charge in [-0.15, -0.1) is 12.4 Å². The van der Waals surface area contributed by atoms with Crippen molar-refractivity contribution in [2.75, 3.05) is 50.8 Å². The van der Waals surface area contributed by atoms with Crippen LogP contribution in [0, 0.1) is 11.7 Å². The van der Waals surface area contributed by atoms with Gasteiger partial charge in [-0.1, -0.05) is 6.92 Å². The van der Waals surface area contributed by atoms with Crippen LogP contribution in [0.1, 0.15) is 26.2 Å². The van der Waals surface area contributed by atoms with E-state index in [4.69, 9.17) is 4.74 Å². The van der Waals surface area contributed by atoms with E-state index in [1.165, 1.54) is 17.0 Å². The molecule has 2 atom stereocenters. The van der Waals surface area contributed by atoms with Crippen LogP contribution in [0.3, 0.4) is 0 Å². The minimum absolute atomic E-state index is 0. The summed E-state index contributed by atoms with van der Waals surface area (Å²) in [6.45, 7) is 3.65. The van der Waals surface area contributed by atoms with Crippen molar-refractivity contribution in [3.63, 3.8) is 0 Å². The summed E-state index contributed by atoms with van der Waals surface area (Å²) >= 11 is 0. The van der Waals surface area contributed by atoms with Crippen molar-refractivity contribution in [1.82, 2.24) is 15.1 Å². The van der Waals surface area contributed by atoms with Crippen LogP contribution in [0.2, 0.25) is 0 Å². The predicted molar refractivity (Wildman–Crippen MR) is 124 cm³/mol. The van der Waals surface area contributed by atoms with Crippen molar-refractivity contribution in [3.05, 3.63) is 24.0 Å². The highest BCUT2D eigenvalue weighted by Crippen LogP contribution is 2.32. The van der Waals surface area contributed by atoms with Gasteiger partial charge in [0.25, 0.3) is 0 Å². The summed E-state index contributed by atoms with van der Waals surface area (Å²) in [5.41, 5.74) is 0.306. The third-order valence-electron chi connectivity index (χ3n) is 6.56. The first-order chi connectivity index (χ1) is 16.1. The molecule has 35 heavy (non-hydrogen) atoms. The molecule has 4 rings (SSSR count). The SMILES string of the molecule is CC1C(=O)N(CCCN2CCN(c3cc(F)ccc3OCC(F)(F)F)CC2)C(=O)C1NC1CC1.Cl. The van der Waals surface area contributed by atoms with Crippen molar-refractivity contribution in [1.29, 1.82) is 0 Å². The van der Waals surface area contributed by atoms with Gasteiger partial charge >= 0.3 is 6.18 Å². The van der Waals surface area contributed by atoms with Crippen molar-refractivity contribution in [2.45, 2.75) is 44.4 Å². The Kier molecular flexibility index (Phi) is 8.87. The number of benzene rings is 1. The Morgan fingerprint density at radius 1 is 1.06 bits per heavy atom. The fourth-order valence-electron chi connectivity index (χ4n) is 4.50. The number of piperazine rings is 1. The van der Waals surface area contributed by atoms with Gasteiger partial charge in [0, 0.05) is 44.8 Å². The van der Waals surface area contributed by atoms with Crippen LogP contribution in [-0.4, -0.2) is 85.7 Å². The second-order valence-corrected chi connectivity index (χ2v) is 9.23. The summed E-state index contributed by atoms with van der Waals surface area (Å²) in [7, 11) is 0. The van der Waals surface area contributed by atoms with Crippen molar-refractivity contribution >= 4 is 29.9 Å². The first-order valence-corrected chi connectivity index (χ1v) is 11.7. The number of carbonyl (C=O) groups is 2. The van der Waals surface area contributed by atoms with E-state index in [-0.39, 0.29) is 35.9 Å². The van der Waals surface area contributed by atoms with Crippen LogP contribution in [0.15, 0.2) is 18.2 Å². The average molecular weight is 523 g/mol. The molecule has 12 heteroatoms. The van der Waals surface area contributed by atoms with Gasteiger partial charge in [0.1, 0.15) is 11.6 Å². The molecule has 1 aromatic rings. The van der Waals surface area contributed by atoms with E-state index in [9.17, 15) is 27.2 Å². The number of halogens is 5. The lowest BCUT2D eigenvalue weighted by Crippen LogP contribution is -2.47. The average Bonchev–Trinajstić information content (AvgIpc) is 3.59. The van der Waals surface area contributed by atoms with Crippen molar-refractivity contribution in [3.8, 4) is 5.75 Å². The Hall–Kier alpha value is -2.11. The molecule has 2 amide bonds. The number of carbonyl (C=O) groups excluding carboxylic acids is 2. The second kappa shape index (κ2) is 11.3. The zero-order chi connectivity index (χ0) is 24.5. The summed E-state index contributed by atoms with van der Waals surface area (Å²) in [4.78, 5) is 30.5. The van der Waals surface area contributed by atoms with Crippen molar-refractivity contribution in [2.24, 2.45) is 5.92 Å². The minimum Gasteiger partial charge on any atom is -0.482 e. The molecule has 1 N–H and O–H groups in total. The van der Waals surface area contributed by atoms with E-state index in [0.29, 0.717) is 57.4 Å². The monoisotopic (exact) mass is 522 g/mol. The number of nitrogens with one attached hydrogen (secondary N) is 1. The van der Waals surface area contributed by atoms with E-state index in [0.717, 1.165) is 18.9 Å². The highest BCUT2D eigenvalue weighted by atomic mass is 35.5. The Labute approximate surface area is 208 Å². The van der Waals surface area contributed by atoms with E-state index in [1.807, 2.05) is 4.90 Å². The van der Waals surface area contributed by atoms with Crippen LogP contribution >= 0.6 is 12.4 Å². The summed E-state index contributed by atoms with van der Waals surface area (Å²) < 4.78 is 56.4.